The molecule has 0 radical (unpaired) electrons. The number of carbonyl (C=O) groups is 1. The van der Waals surface area contributed by atoms with E-state index >= 15 is 0 Å². The number of thiophene rings is 1. The van der Waals surface area contributed by atoms with Gasteiger partial charge in [-0.2, -0.15) is 0 Å². The fraction of sp³-hybridized carbons (Fsp3) is 0.0909. The maximum atomic E-state index is 13.3. The maximum absolute atomic E-state index is 13.3. The Balaban J connectivity index is 1.97. The van der Waals surface area contributed by atoms with E-state index in [0.29, 0.717) is 27.0 Å². The van der Waals surface area contributed by atoms with Crippen LogP contribution in [-0.2, 0) is 0 Å². The molecule has 0 aliphatic carbocycles. The van der Waals surface area contributed by atoms with Gasteiger partial charge in [0, 0.05) is 0 Å². The second kappa shape index (κ2) is 6.85. The van der Waals surface area contributed by atoms with E-state index in [1.807, 2.05) is 61.7 Å². The van der Waals surface area contributed by atoms with Crippen LogP contribution in [0.25, 0.3) is 22.1 Å². The largest absolute Gasteiger partial charge is 0.439 e. The minimum atomic E-state index is -0.296. The van der Waals surface area contributed by atoms with Crippen molar-refractivity contribution in [2.45, 2.75) is 13.8 Å². The van der Waals surface area contributed by atoms with Crippen LogP contribution in [0.4, 0.5) is 5.88 Å². The number of anilines is 1. The molecule has 4 rings (SSSR count). The van der Waals surface area contributed by atoms with Crippen LogP contribution in [-0.4, -0.2) is 5.91 Å². The van der Waals surface area contributed by atoms with E-state index in [9.17, 15) is 9.59 Å². The molecule has 2 aromatic heterocycles. The molecule has 0 saturated carbocycles. The van der Waals surface area contributed by atoms with E-state index in [1.165, 1.54) is 11.3 Å². The summed E-state index contributed by atoms with van der Waals surface area (Å²) in [7, 11) is 0. The topological polar surface area (TPSA) is 59.3 Å². The average molecular weight is 375 g/mol. The van der Waals surface area contributed by atoms with Crippen molar-refractivity contribution >= 4 is 34.1 Å². The molecular weight excluding hydrogens is 358 g/mol. The first-order valence-corrected chi connectivity index (χ1v) is 9.41. The first-order chi connectivity index (χ1) is 13.0. The molecule has 1 amide bonds. The van der Waals surface area contributed by atoms with Crippen LogP contribution in [0, 0.1) is 13.8 Å². The van der Waals surface area contributed by atoms with Crippen LogP contribution in [0.3, 0.4) is 0 Å². The van der Waals surface area contributed by atoms with E-state index in [1.54, 1.807) is 12.1 Å². The molecule has 2 aromatic carbocycles. The van der Waals surface area contributed by atoms with Gasteiger partial charge < -0.3 is 4.42 Å². The molecule has 0 aliphatic rings. The Hall–Kier alpha value is -3.18. The number of hydrogen-bond acceptors (Lipinski definition) is 4. The summed E-state index contributed by atoms with van der Waals surface area (Å²) in [5.41, 5.74) is 3.27. The third-order valence-electron chi connectivity index (χ3n) is 4.39. The molecule has 4 aromatic rings. The van der Waals surface area contributed by atoms with Crippen LogP contribution in [0.15, 0.2) is 69.2 Å². The third kappa shape index (κ3) is 3.17. The van der Waals surface area contributed by atoms with Crippen LogP contribution >= 0.6 is 11.3 Å². The van der Waals surface area contributed by atoms with Crippen molar-refractivity contribution in [2.24, 2.45) is 0 Å². The van der Waals surface area contributed by atoms with Gasteiger partial charge >= 0.3 is 0 Å². The summed E-state index contributed by atoms with van der Waals surface area (Å²) in [4.78, 5) is 26.4. The van der Waals surface area contributed by atoms with E-state index in [2.05, 4.69) is 5.32 Å². The Morgan fingerprint density at radius 1 is 1.04 bits per heavy atom. The standard InChI is InChI=1S/C22H17NO3S/c1-13-6-3-8-15(12-13)18-19(24)16-9-4-7-14(2)20(16)26-22(18)23-21(25)17-10-5-11-27-17/h3-12H,1-2H3,(H,23,25). The Labute approximate surface area is 160 Å². The number of carbonyl (C=O) groups excluding carboxylic acids is 1. The Morgan fingerprint density at radius 3 is 2.59 bits per heavy atom. The van der Waals surface area contributed by atoms with Crippen molar-refractivity contribution in [3.63, 3.8) is 0 Å². The highest BCUT2D eigenvalue weighted by Crippen LogP contribution is 2.31. The monoisotopic (exact) mass is 375 g/mol. The molecule has 0 fully saturated rings. The summed E-state index contributed by atoms with van der Waals surface area (Å²) >= 11 is 1.33. The van der Waals surface area contributed by atoms with Gasteiger partial charge in [-0.15, -0.1) is 11.3 Å². The summed E-state index contributed by atoms with van der Waals surface area (Å²) in [6, 6.07) is 16.6. The van der Waals surface area contributed by atoms with Crippen molar-refractivity contribution < 1.29 is 9.21 Å². The van der Waals surface area contributed by atoms with Gasteiger partial charge in [0.1, 0.15) is 5.58 Å². The lowest BCUT2D eigenvalue weighted by Crippen LogP contribution is -2.16. The van der Waals surface area contributed by atoms with Crippen LogP contribution in [0.1, 0.15) is 20.8 Å². The second-order valence-electron chi connectivity index (χ2n) is 6.39. The van der Waals surface area contributed by atoms with Gasteiger partial charge in [0.05, 0.1) is 15.8 Å². The normalized spacial score (nSPS) is 10.9. The SMILES string of the molecule is Cc1cccc(-c2c(NC(=O)c3cccs3)oc3c(C)cccc3c2=O)c1. The van der Waals surface area contributed by atoms with Crippen molar-refractivity contribution in [2.75, 3.05) is 5.32 Å². The Bertz CT molecular complexity index is 1210. The third-order valence-corrected chi connectivity index (χ3v) is 5.26. The quantitative estimate of drug-likeness (QED) is 0.522. The molecule has 5 heteroatoms. The van der Waals surface area contributed by atoms with Crippen molar-refractivity contribution in [3.05, 3.63) is 86.2 Å². The second-order valence-corrected chi connectivity index (χ2v) is 7.34. The van der Waals surface area contributed by atoms with Gasteiger partial charge in [0.2, 0.25) is 11.3 Å². The first-order valence-electron chi connectivity index (χ1n) is 8.53. The number of para-hydroxylation sites is 1. The number of amides is 1. The van der Waals surface area contributed by atoms with Gasteiger partial charge in [0.25, 0.3) is 5.91 Å². The first kappa shape index (κ1) is 17.2. The molecule has 134 valence electrons. The van der Waals surface area contributed by atoms with Crippen molar-refractivity contribution in [1.29, 1.82) is 0 Å². The fourth-order valence-corrected chi connectivity index (χ4v) is 3.70. The molecule has 0 unspecified atom stereocenters. The highest BCUT2D eigenvalue weighted by Gasteiger charge is 2.20. The van der Waals surface area contributed by atoms with Gasteiger partial charge in [-0.1, -0.05) is 48.0 Å². The predicted octanol–water partition coefficient (Wildman–Crippen LogP) is 5.39. The van der Waals surface area contributed by atoms with Gasteiger partial charge in [-0.25, -0.2) is 0 Å². The molecular formula is C22H17NO3S. The summed E-state index contributed by atoms with van der Waals surface area (Å²) in [6.45, 7) is 3.84. The molecule has 4 nitrogen and oxygen atoms in total. The summed E-state index contributed by atoms with van der Waals surface area (Å²) in [5.74, 6) is -0.124. The van der Waals surface area contributed by atoms with Crippen molar-refractivity contribution in [1.82, 2.24) is 0 Å². The lowest BCUT2D eigenvalue weighted by Gasteiger charge is -2.12. The Morgan fingerprint density at radius 2 is 1.85 bits per heavy atom. The molecule has 0 saturated heterocycles. The number of nitrogens with one attached hydrogen (secondary N) is 1. The number of hydrogen-bond donors (Lipinski definition) is 1. The molecule has 27 heavy (non-hydrogen) atoms. The highest BCUT2D eigenvalue weighted by molar-refractivity contribution is 7.12. The summed E-state index contributed by atoms with van der Waals surface area (Å²) < 4.78 is 6.04. The van der Waals surface area contributed by atoms with Gasteiger partial charge in [-0.05, 0) is 42.5 Å². The zero-order valence-electron chi connectivity index (χ0n) is 14.9. The highest BCUT2D eigenvalue weighted by atomic mass is 32.1. The van der Waals surface area contributed by atoms with E-state index < -0.39 is 0 Å². The van der Waals surface area contributed by atoms with E-state index in [-0.39, 0.29) is 17.2 Å². The van der Waals surface area contributed by atoms with Gasteiger partial charge in [0.15, 0.2) is 0 Å². The Kier molecular flexibility index (Phi) is 4.38. The number of fused-ring (bicyclic) bond motifs is 1. The minimum absolute atomic E-state index is 0.160. The zero-order valence-corrected chi connectivity index (χ0v) is 15.7. The molecule has 0 atom stereocenters. The molecule has 0 aliphatic heterocycles. The van der Waals surface area contributed by atoms with Crippen molar-refractivity contribution in [3.8, 4) is 11.1 Å². The molecule has 2 heterocycles. The van der Waals surface area contributed by atoms with Crippen LogP contribution in [0.2, 0.25) is 0 Å². The summed E-state index contributed by atoms with van der Waals surface area (Å²) in [5, 5.41) is 5.13. The molecule has 0 spiro atoms. The predicted molar refractivity (Wildman–Crippen MR) is 110 cm³/mol. The molecule has 1 N–H and O–H groups in total. The lowest BCUT2D eigenvalue weighted by molar-refractivity contribution is 0.102. The van der Waals surface area contributed by atoms with Crippen LogP contribution < -0.4 is 10.7 Å². The number of rotatable bonds is 3. The fourth-order valence-electron chi connectivity index (χ4n) is 3.08. The zero-order chi connectivity index (χ0) is 19.0. The number of aryl methyl sites for hydroxylation is 2. The summed E-state index contributed by atoms with van der Waals surface area (Å²) in [6.07, 6.45) is 0. The van der Waals surface area contributed by atoms with E-state index in [0.717, 1.165) is 11.1 Å². The van der Waals surface area contributed by atoms with Crippen LogP contribution in [0.5, 0.6) is 0 Å². The smallest absolute Gasteiger partial charge is 0.268 e. The van der Waals surface area contributed by atoms with Gasteiger partial charge in [-0.3, -0.25) is 14.9 Å². The number of benzene rings is 2. The lowest BCUT2D eigenvalue weighted by atomic mass is 10.0. The van der Waals surface area contributed by atoms with E-state index in [4.69, 9.17) is 4.42 Å². The molecule has 0 bridgehead atoms. The minimum Gasteiger partial charge on any atom is -0.439 e. The maximum Gasteiger partial charge on any atom is 0.268 e. The average Bonchev–Trinajstić information content (AvgIpc) is 3.18.